The molecule has 20 heavy (non-hydrogen) atoms. The molecular weight excluding hydrogens is 256 g/mol. The molecular formula is C15H20N2O3. The number of methoxy groups -OCH3 is 1. The summed E-state index contributed by atoms with van der Waals surface area (Å²) in [7, 11) is 1.33. The van der Waals surface area contributed by atoms with Gasteiger partial charge in [-0.05, 0) is 18.4 Å². The van der Waals surface area contributed by atoms with Gasteiger partial charge in [0.15, 0.2) is 0 Å². The summed E-state index contributed by atoms with van der Waals surface area (Å²) in [6.45, 7) is 0.243. The zero-order valence-corrected chi connectivity index (χ0v) is 11.6. The van der Waals surface area contributed by atoms with Crippen molar-refractivity contribution in [1.82, 2.24) is 10.6 Å². The zero-order chi connectivity index (χ0) is 14.4. The fraction of sp³-hybridized carbons (Fsp3) is 0.467. The molecule has 108 valence electrons. The molecule has 1 aliphatic rings. The van der Waals surface area contributed by atoms with Gasteiger partial charge in [-0.25, -0.2) is 4.79 Å². The van der Waals surface area contributed by atoms with E-state index in [1.165, 1.54) is 7.11 Å². The number of hydrogen-bond donors (Lipinski definition) is 2. The SMILES string of the molecule is COC(=O)C(Cc1ccccc1)NC(=O)CNC1CC1. The predicted molar refractivity (Wildman–Crippen MR) is 75.1 cm³/mol. The van der Waals surface area contributed by atoms with Crippen LogP contribution in [0.1, 0.15) is 18.4 Å². The van der Waals surface area contributed by atoms with E-state index >= 15 is 0 Å². The Morgan fingerprint density at radius 1 is 1.30 bits per heavy atom. The number of benzene rings is 1. The van der Waals surface area contributed by atoms with Crippen molar-refractivity contribution in [2.45, 2.75) is 31.3 Å². The number of hydrogen-bond acceptors (Lipinski definition) is 4. The Balaban J connectivity index is 1.88. The number of ether oxygens (including phenoxy) is 1. The Morgan fingerprint density at radius 3 is 2.60 bits per heavy atom. The van der Waals surface area contributed by atoms with E-state index in [0.29, 0.717) is 12.5 Å². The third-order valence-corrected chi connectivity index (χ3v) is 3.23. The van der Waals surface area contributed by atoms with E-state index in [2.05, 4.69) is 10.6 Å². The largest absolute Gasteiger partial charge is 0.467 e. The lowest BCUT2D eigenvalue weighted by Gasteiger charge is -2.16. The fourth-order valence-electron chi connectivity index (χ4n) is 1.96. The lowest BCUT2D eigenvalue weighted by molar-refractivity contribution is -0.144. The first-order valence-corrected chi connectivity index (χ1v) is 6.83. The Bertz CT molecular complexity index is 457. The smallest absolute Gasteiger partial charge is 0.328 e. The van der Waals surface area contributed by atoms with Crippen molar-refractivity contribution in [2.75, 3.05) is 13.7 Å². The highest BCUT2D eigenvalue weighted by Crippen LogP contribution is 2.17. The molecule has 1 saturated carbocycles. The fourth-order valence-corrected chi connectivity index (χ4v) is 1.96. The van der Waals surface area contributed by atoms with Gasteiger partial charge in [0.1, 0.15) is 6.04 Å². The minimum Gasteiger partial charge on any atom is -0.467 e. The molecule has 2 rings (SSSR count). The predicted octanol–water partition coefficient (Wildman–Crippen LogP) is 0.639. The molecule has 0 aliphatic heterocycles. The van der Waals surface area contributed by atoms with Crippen molar-refractivity contribution in [2.24, 2.45) is 0 Å². The van der Waals surface area contributed by atoms with Crippen molar-refractivity contribution < 1.29 is 14.3 Å². The molecule has 1 unspecified atom stereocenters. The van der Waals surface area contributed by atoms with E-state index in [0.717, 1.165) is 18.4 Å². The highest BCUT2D eigenvalue weighted by atomic mass is 16.5. The molecule has 0 radical (unpaired) electrons. The average Bonchev–Trinajstić information content (AvgIpc) is 3.29. The first-order valence-electron chi connectivity index (χ1n) is 6.83. The van der Waals surface area contributed by atoms with Crippen LogP contribution in [-0.2, 0) is 20.7 Å². The highest BCUT2D eigenvalue weighted by Gasteiger charge is 2.24. The molecule has 5 nitrogen and oxygen atoms in total. The van der Waals surface area contributed by atoms with Crippen molar-refractivity contribution in [3.05, 3.63) is 35.9 Å². The van der Waals surface area contributed by atoms with Gasteiger partial charge in [-0.3, -0.25) is 4.79 Å². The van der Waals surface area contributed by atoms with Gasteiger partial charge >= 0.3 is 5.97 Å². The Labute approximate surface area is 118 Å². The monoisotopic (exact) mass is 276 g/mol. The van der Waals surface area contributed by atoms with Crippen LogP contribution in [0.4, 0.5) is 0 Å². The maximum Gasteiger partial charge on any atom is 0.328 e. The number of nitrogens with one attached hydrogen (secondary N) is 2. The summed E-state index contributed by atoms with van der Waals surface area (Å²) >= 11 is 0. The van der Waals surface area contributed by atoms with E-state index < -0.39 is 12.0 Å². The first-order chi connectivity index (χ1) is 9.69. The van der Waals surface area contributed by atoms with Gasteiger partial charge in [0.05, 0.1) is 13.7 Å². The van der Waals surface area contributed by atoms with Crippen LogP contribution in [0, 0.1) is 0 Å². The number of amides is 1. The summed E-state index contributed by atoms with van der Waals surface area (Å²) in [5, 5.41) is 5.84. The molecule has 1 aromatic rings. The third-order valence-electron chi connectivity index (χ3n) is 3.23. The van der Waals surface area contributed by atoms with Gasteiger partial charge in [0, 0.05) is 12.5 Å². The van der Waals surface area contributed by atoms with Crippen molar-refractivity contribution in [3.8, 4) is 0 Å². The third kappa shape index (κ3) is 4.66. The normalized spacial score (nSPS) is 15.4. The second-order valence-electron chi connectivity index (χ2n) is 4.99. The minimum atomic E-state index is -0.643. The van der Waals surface area contributed by atoms with Gasteiger partial charge in [0.2, 0.25) is 5.91 Å². The second-order valence-corrected chi connectivity index (χ2v) is 4.99. The first kappa shape index (κ1) is 14.5. The van der Waals surface area contributed by atoms with Gasteiger partial charge in [-0.2, -0.15) is 0 Å². The molecule has 0 aromatic heterocycles. The molecule has 1 fully saturated rings. The van der Waals surface area contributed by atoms with Crippen LogP contribution in [0.3, 0.4) is 0 Å². The molecule has 0 spiro atoms. The van der Waals surface area contributed by atoms with Crippen LogP contribution >= 0.6 is 0 Å². The maximum atomic E-state index is 11.8. The molecule has 1 atom stereocenters. The summed E-state index contributed by atoms with van der Waals surface area (Å²) in [5.74, 6) is -0.600. The number of esters is 1. The lowest BCUT2D eigenvalue weighted by Crippen LogP contribution is -2.46. The van der Waals surface area contributed by atoms with Gasteiger partial charge in [-0.15, -0.1) is 0 Å². The van der Waals surface area contributed by atoms with Crippen LogP contribution in [0.15, 0.2) is 30.3 Å². The molecule has 1 amide bonds. The summed E-state index contributed by atoms with van der Waals surface area (Å²) in [4.78, 5) is 23.6. The van der Waals surface area contributed by atoms with Gasteiger partial charge < -0.3 is 15.4 Å². The Kier molecular flexibility index (Phi) is 5.12. The molecule has 0 saturated heterocycles. The lowest BCUT2D eigenvalue weighted by atomic mass is 10.1. The van der Waals surface area contributed by atoms with E-state index in [1.54, 1.807) is 0 Å². The summed E-state index contributed by atoms with van der Waals surface area (Å²) in [6.07, 6.45) is 2.68. The Morgan fingerprint density at radius 2 is 2.00 bits per heavy atom. The molecule has 0 heterocycles. The average molecular weight is 276 g/mol. The molecule has 2 N–H and O–H groups in total. The van der Waals surface area contributed by atoms with Crippen LogP contribution in [0.5, 0.6) is 0 Å². The van der Waals surface area contributed by atoms with Crippen molar-refractivity contribution in [3.63, 3.8) is 0 Å². The van der Waals surface area contributed by atoms with Crippen molar-refractivity contribution >= 4 is 11.9 Å². The molecule has 5 heteroatoms. The summed E-state index contributed by atoms with van der Waals surface area (Å²) in [5.41, 5.74) is 0.985. The van der Waals surface area contributed by atoms with E-state index in [-0.39, 0.29) is 12.5 Å². The maximum absolute atomic E-state index is 11.8. The van der Waals surface area contributed by atoms with Crippen molar-refractivity contribution in [1.29, 1.82) is 0 Å². The van der Waals surface area contributed by atoms with Crippen LogP contribution in [-0.4, -0.2) is 37.6 Å². The van der Waals surface area contributed by atoms with Gasteiger partial charge in [0.25, 0.3) is 0 Å². The van der Waals surface area contributed by atoms with E-state index in [9.17, 15) is 9.59 Å². The summed E-state index contributed by atoms with van der Waals surface area (Å²) in [6, 6.07) is 9.38. The van der Waals surface area contributed by atoms with Crippen LogP contribution in [0.2, 0.25) is 0 Å². The topological polar surface area (TPSA) is 67.4 Å². The number of carbonyl (C=O) groups is 2. The Hall–Kier alpha value is -1.88. The second kappa shape index (κ2) is 7.05. The van der Waals surface area contributed by atoms with E-state index in [1.807, 2.05) is 30.3 Å². The standard InChI is InChI=1S/C15H20N2O3/c1-20-15(19)13(9-11-5-3-2-4-6-11)17-14(18)10-16-12-7-8-12/h2-6,12-13,16H,7-10H2,1H3,(H,17,18). The van der Waals surface area contributed by atoms with E-state index in [4.69, 9.17) is 4.74 Å². The van der Waals surface area contributed by atoms with Gasteiger partial charge in [-0.1, -0.05) is 30.3 Å². The molecule has 1 aromatic carbocycles. The molecule has 1 aliphatic carbocycles. The number of carbonyl (C=O) groups excluding carboxylic acids is 2. The highest BCUT2D eigenvalue weighted by molar-refractivity contribution is 5.85. The zero-order valence-electron chi connectivity index (χ0n) is 11.6. The minimum absolute atomic E-state index is 0.178. The van der Waals surface area contributed by atoms with Crippen LogP contribution in [0.25, 0.3) is 0 Å². The quantitative estimate of drug-likeness (QED) is 0.717. The molecule has 0 bridgehead atoms. The number of rotatable bonds is 7. The summed E-state index contributed by atoms with van der Waals surface area (Å²) < 4.78 is 4.75. The van der Waals surface area contributed by atoms with Crippen LogP contribution < -0.4 is 10.6 Å².